The fourth-order valence-electron chi connectivity index (χ4n) is 1.82. The van der Waals surface area contributed by atoms with Crippen molar-refractivity contribution in [1.29, 1.82) is 0 Å². The summed E-state index contributed by atoms with van der Waals surface area (Å²) in [6.07, 6.45) is 1.77. The van der Waals surface area contributed by atoms with E-state index in [1.807, 2.05) is 42.5 Å². The van der Waals surface area contributed by atoms with E-state index in [2.05, 4.69) is 15.2 Å². The van der Waals surface area contributed by atoms with Crippen LogP contribution in [0.1, 0.15) is 5.56 Å². The number of hydrogen-bond acceptors (Lipinski definition) is 6. The Balaban J connectivity index is 1.71. The summed E-state index contributed by atoms with van der Waals surface area (Å²) in [5.41, 5.74) is 1.65. The summed E-state index contributed by atoms with van der Waals surface area (Å²) in [7, 11) is 1.56. The number of hydrogen-bond donors (Lipinski definition) is 0. The second kappa shape index (κ2) is 6.04. The lowest BCUT2D eigenvalue weighted by Crippen LogP contribution is -2.00. The number of methoxy groups -OCH3 is 1. The van der Waals surface area contributed by atoms with E-state index in [0.717, 1.165) is 11.1 Å². The van der Waals surface area contributed by atoms with Gasteiger partial charge in [0.1, 0.15) is 6.61 Å². The van der Waals surface area contributed by atoms with Gasteiger partial charge in [-0.2, -0.15) is 0 Å². The van der Waals surface area contributed by atoms with Crippen molar-refractivity contribution < 1.29 is 13.9 Å². The van der Waals surface area contributed by atoms with E-state index in [1.54, 1.807) is 13.3 Å². The Morgan fingerprint density at radius 2 is 1.90 bits per heavy atom. The Bertz CT molecular complexity index is 713. The molecule has 0 fully saturated rings. The molecule has 0 N–H and O–H groups in total. The average Bonchev–Trinajstić information content (AvgIpc) is 3.03. The molecule has 3 aromatic rings. The molecular formula is C15H13N3O3. The number of benzene rings is 1. The fraction of sp³-hybridized carbons (Fsp3) is 0.133. The van der Waals surface area contributed by atoms with Crippen molar-refractivity contribution in [3.05, 3.63) is 54.2 Å². The first-order chi connectivity index (χ1) is 10.4. The van der Waals surface area contributed by atoms with Crippen molar-refractivity contribution in [2.45, 2.75) is 6.61 Å². The molecular weight excluding hydrogens is 270 g/mol. The zero-order valence-electron chi connectivity index (χ0n) is 11.4. The Labute approximate surface area is 121 Å². The molecule has 0 saturated carbocycles. The lowest BCUT2D eigenvalue weighted by atomic mass is 10.2. The number of aromatic nitrogens is 3. The lowest BCUT2D eigenvalue weighted by Gasteiger charge is -2.05. The summed E-state index contributed by atoms with van der Waals surface area (Å²) in [5, 5.41) is 7.82. The minimum atomic E-state index is 0.111. The molecule has 3 rings (SSSR count). The molecule has 0 aliphatic rings. The highest BCUT2D eigenvalue weighted by Gasteiger charge is 2.10. The van der Waals surface area contributed by atoms with Crippen molar-refractivity contribution >= 4 is 0 Å². The van der Waals surface area contributed by atoms with Crippen LogP contribution in [0.25, 0.3) is 11.5 Å². The molecule has 6 heteroatoms. The quantitative estimate of drug-likeness (QED) is 0.717. The van der Waals surface area contributed by atoms with Gasteiger partial charge in [-0.25, -0.2) is 4.98 Å². The summed E-state index contributed by atoms with van der Waals surface area (Å²) < 4.78 is 16.1. The zero-order valence-corrected chi connectivity index (χ0v) is 11.4. The second-order valence-electron chi connectivity index (χ2n) is 4.20. The van der Waals surface area contributed by atoms with Gasteiger partial charge in [-0.1, -0.05) is 23.3 Å². The van der Waals surface area contributed by atoms with Crippen molar-refractivity contribution in [3.8, 4) is 23.4 Å². The van der Waals surface area contributed by atoms with E-state index in [4.69, 9.17) is 13.9 Å². The van der Waals surface area contributed by atoms with Gasteiger partial charge in [0.2, 0.25) is 5.88 Å². The minimum Gasteiger partial charge on any atom is -0.481 e. The van der Waals surface area contributed by atoms with Gasteiger partial charge in [-0.15, -0.1) is 5.10 Å². The fourth-order valence-corrected chi connectivity index (χ4v) is 1.82. The van der Waals surface area contributed by atoms with Crippen molar-refractivity contribution in [3.63, 3.8) is 0 Å². The van der Waals surface area contributed by atoms with E-state index in [1.165, 1.54) is 0 Å². The molecule has 0 aliphatic carbocycles. The van der Waals surface area contributed by atoms with Crippen LogP contribution in [0.3, 0.4) is 0 Å². The summed E-state index contributed by atoms with van der Waals surface area (Å²) in [4.78, 5) is 4.09. The van der Waals surface area contributed by atoms with Crippen LogP contribution in [0.15, 0.2) is 53.1 Å². The molecule has 6 nitrogen and oxygen atoms in total. The third kappa shape index (κ3) is 3.00. The van der Waals surface area contributed by atoms with Gasteiger partial charge < -0.3 is 13.9 Å². The molecule has 0 spiro atoms. The van der Waals surface area contributed by atoms with Crippen LogP contribution in [-0.4, -0.2) is 22.3 Å². The molecule has 0 saturated heterocycles. The minimum absolute atomic E-state index is 0.111. The first-order valence-electron chi connectivity index (χ1n) is 6.36. The summed E-state index contributed by atoms with van der Waals surface area (Å²) in [5.74, 6) is 0.934. The largest absolute Gasteiger partial charge is 0.481 e. The maximum absolute atomic E-state index is 5.48. The van der Waals surface area contributed by atoms with Crippen LogP contribution in [0.5, 0.6) is 12.0 Å². The van der Waals surface area contributed by atoms with Gasteiger partial charge in [0.05, 0.1) is 12.7 Å². The SMILES string of the molecule is COc1ncccc1COc1nnc(-c2ccccc2)o1. The molecule has 106 valence electrons. The van der Waals surface area contributed by atoms with E-state index in [-0.39, 0.29) is 12.7 Å². The molecule has 0 unspecified atom stereocenters. The Kier molecular flexibility index (Phi) is 3.77. The van der Waals surface area contributed by atoms with Gasteiger partial charge in [0, 0.05) is 11.8 Å². The highest BCUT2D eigenvalue weighted by atomic mass is 16.6. The summed E-state index contributed by atoms with van der Waals surface area (Å²) >= 11 is 0. The van der Waals surface area contributed by atoms with Crippen LogP contribution in [-0.2, 0) is 6.61 Å². The first-order valence-corrected chi connectivity index (χ1v) is 6.36. The number of ether oxygens (including phenoxy) is 2. The molecule has 0 atom stereocenters. The first kappa shape index (κ1) is 13.1. The standard InChI is InChI=1S/C15H13N3O3/c1-19-13-12(8-5-9-16-13)10-20-15-18-17-14(21-15)11-6-3-2-4-7-11/h2-9H,10H2,1H3. The van der Waals surface area contributed by atoms with Crippen molar-refractivity contribution in [1.82, 2.24) is 15.2 Å². The van der Waals surface area contributed by atoms with Crippen LogP contribution < -0.4 is 9.47 Å². The van der Waals surface area contributed by atoms with E-state index in [9.17, 15) is 0 Å². The van der Waals surface area contributed by atoms with Gasteiger partial charge in [-0.3, -0.25) is 0 Å². The predicted octanol–water partition coefficient (Wildman–Crippen LogP) is 2.72. The van der Waals surface area contributed by atoms with E-state index < -0.39 is 0 Å². The van der Waals surface area contributed by atoms with Crippen molar-refractivity contribution in [2.24, 2.45) is 0 Å². The molecule has 1 aromatic carbocycles. The summed E-state index contributed by atoms with van der Waals surface area (Å²) in [6.45, 7) is 0.243. The van der Waals surface area contributed by atoms with Gasteiger partial charge in [-0.05, 0) is 24.3 Å². The van der Waals surface area contributed by atoms with Crippen LogP contribution >= 0.6 is 0 Å². The third-order valence-electron chi connectivity index (χ3n) is 2.82. The zero-order chi connectivity index (χ0) is 14.5. The van der Waals surface area contributed by atoms with Gasteiger partial charge in [0.25, 0.3) is 5.89 Å². The molecule has 2 heterocycles. The van der Waals surface area contributed by atoms with Gasteiger partial charge in [0.15, 0.2) is 0 Å². The van der Waals surface area contributed by atoms with Crippen LogP contribution in [0.4, 0.5) is 0 Å². The molecule has 0 bridgehead atoms. The number of nitrogens with zero attached hydrogens (tertiary/aromatic N) is 3. The summed E-state index contributed by atoms with van der Waals surface area (Å²) in [6, 6.07) is 13.2. The maximum Gasteiger partial charge on any atom is 0.415 e. The normalized spacial score (nSPS) is 10.3. The molecule has 0 amide bonds. The highest BCUT2D eigenvalue weighted by Crippen LogP contribution is 2.22. The number of pyridine rings is 1. The number of rotatable bonds is 5. The van der Waals surface area contributed by atoms with Crippen molar-refractivity contribution in [2.75, 3.05) is 7.11 Å². The third-order valence-corrected chi connectivity index (χ3v) is 2.82. The molecule has 0 radical (unpaired) electrons. The Hall–Kier alpha value is -2.89. The monoisotopic (exact) mass is 283 g/mol. The Morgan fingerprint density at radius 3 is 2.71 bits per heavy atom. The average molecular weight is 283 g/mol. The Morgan fingerprint density at radius 1 is 1.05 bits per heavy atom. The smallest absolute Gasteiger partial charge is 0.415 e. The predicted molar refractivity (Wildman–Crippen MR) is 74.9 cm³/mol. The molecule has 21 heavy (non-hydrogen) atoms. The maximum atomic E-state index is 5.48. The van der Waals surface area contributed by atoms with Gasteiger partial charge >= 0.3 is 6.08 Å². The van der Waals surface area contributed by atoms with E-state index in [0.29, 0.717) is 11.8 Å². The lowest BCUT2D eigenvalue weighted by molar-refractivity contribution is 0.217. The topological polar surface area (TPSA) is 70.3 Å². The van der Waals surface area contributed by atoms with Crippen LogP contribution in [0, 0.1) is 0 Å². The highest BCUT2D eigenvalue weighted by molar-refractivity contribution is 5.51. The second-order valence-corrected chi connectivity index (χ2v) is 4.20. The van der Waals surface area contributed by atoms with E-state index >= 15 is 0 Å². The van der Waals surface area contributed by atoms with Crippen LogP contribution in [0.2, 0.25) is 0 Å². The molecule has 2 aromatic heterocycles. The molecule has 0 aliphatic heterocycles.